The van der Waals surface area contributed by atoms with Crippen molar-refractivity contribution in [2.45, 2.75) is 38.5 Å². The quantitative estimate of drug-likeness (QED) is 0.733. The van der Waals surface area contributed by atoms with E-state index in [9.17, 15) is 4.79 Å². The van der Waals surface area contributed by atoms with E-state index in [0.29, 0.717) is 11.7 Å². The standard InChI is InChI=1S/C18H18OS/c19-18(13-8-9-13)17-11-10-16(20-17)15-7-3-5-12-4-1-2-6-14(12)15/h3,5,7,10-11,13H,1-2,4,6,8-9H2. The summed E-state index contributed by atoms with van der Waals surface area (Å²) in [5.74, 6) is 0.692. The minimum atomic E-state index is 0.325. The zero-order chi connectivity index (χ0) is 13.5. The van der Waals surface area contributed by atoms with E-state index in [2.05, 4.69) is 24.3 Å². The molecule has 2 aliphatic rings. The Balaban J connectivity index is 1.72. The first-order valence-electron chi connectivity index (χ1n) is 7.58. The molecule has 1 aromatic heterocycles. The van der Waals surface area contributed by atoms with Gasteiger partial charge in [0, 0.05) is 10.8 Å². The maximum atomic E-state index is 12.2. The summed E-state index contributed by atoms with van der Waals surface area (Å²) < 4.78 is 0. The van der Waals surface area contributed by atoms with E-state index in [1.165, 1.54) is 47.3 Å². The molecule has 0 amide bonds. The summed E-state index contributed by atoms with van der Waals surface area (Å²) in [5.41, 5.74) is 4.39. The Labute approximate surface area is 123 Å². The van der Waals surface area contributed by atoms with Crippen LogP contribution in [0.25, 0.3) is 10.4 Å². The van der Waals surface area contributed by atoms with Gasteiger partial charge in [0.2, 0.25) is 0 Å². The molecule has 1 aromatic carbocycles. The third-order valence-electron chi connectivity index (χ3n) is 4.46. The molecule has 0 spiro atoms. The maximum absolute atomic E-state index is 12.2. The lowest BCUT2D eigenvalue weighted by Crippen LogP contribution is -2.03. The van der Waals surface area contributed by atoms with Crippen LogP contribution < -0.4 is 0 Å². The van der Waals surface area contributed by atoms with Gasteiger partial charge in [0.05, 0.1) is 4.88 Å². The highest BCUT2D eigenvalue weighted by molar-refractivity contribution is 7.17. The van der Waals surface area contributed by atoms with Crippen molar-refractivity contribution in [2.24, 2.45) is 5.92 Å². The normalized spacial score (nSPS) is 17.8. The minimum Gasteiger partial charge on any atom is -0.293 e. The van der Waals surface area contributed by atoms with Crippen LogP contribution in [0.15, 0.2) is 30.3 Å². The van der Waals surface area contributed by atoms with Crippen LogP contribution in [0.3, 0.4) is 0 Å². The number of rotatable bonds is 3. The molecule has 0 unspecified atom stereocenters. The number of fused-ring (bicyclic) bond motifs is 1. The van der Waals surface area contributed by atoms with Gasteiger partial charge in [-0.2, -0.15) is 0 Å². The van der Waals surface area contributed by atoms with Crippen molar-refractivity contribution in [3.63, 3.8) is 0 Å². The number of Topliss-reactive ketones (excluding diaryl/α,β-unsaturated/α-hetero) is 1. The van der Waals surface area contributed by atoms with Crippen molar-refractivity contribution in [3.05, 3.63) is 46.3 Å². The molecule has 1 nitrogen and oxygen atoms in total. The molecule has 1 saturated carbocycles. The lowest BCUT2D eigenvalue weighted by Gasteiger charge is -2.18. The van der Waals surface area contributed by atoms with Gasteiger partial charge in [-0.15, -0.1) is 11.3 Å². The molecule has 4 rings (SSSR count). The summed E-state index contributed by atoms with van der Waals surface area (Å²) in [7, 11) is 0. The molecule has 102 valence electrons. The first-order valence-corrected chi connectivity index (χ1v) is 8.40. The molecule has 1 heterocycles. The van der Waals surface area contributed by atoms with Crippen molar-refractivity contribution in [2.75, 3.05) is 0 Å². The molecule has 2 heteroatoms. The minimum absolute atomic E-state index is 0.325. The first-order chi connectivity index (χ1) is 9.83. The highest BCUT2D eigenvalue weighted by atomic mass is 32.1. The van der Waals surface area contributed by atoms with Crippen LogP contribution in [-0.4, -0.2) is 5.78 Å². The molecule has 0 radical (unpaired) electrons. The highest BCUT2D eigenvalue weighted by Crippen LogP contribution is 2.39. The summed E-state index contributed by atoms with van der Waals surface area (Å²) in [5, 5.41) is 0. The molecule has 0 aliphatic heterocycles. The number of ketones is 1. The fourth-order valence-corrected chi connectivity index (χ4v) is 4.25. The number of hydrogen-bond acceptors (Lipinski definition) is 2. The van der Waals surface area contributed by atoms with Crippen molar-refractivity contribution >= 4 is 17.1 Å². The molecule has 2 aromatic rings. The highest BCUT2D eigenvalue weighted by Gasteiger charge is 2.31. The molecular formula is C18H18OS. The second-order valence-corrected chi connectivity index (χ2v) is 7.04. The van der Waals surface area contributed by atoms with Crippen LogP contribution in [0.5, 0.6) is 0 Å². The van der Waals surface area contributed by atoms with Gasteiger partial charge in [-0.25, -0.2) is 0 Å². The largest absolute Gasteiger partial charge is 0.293 e. The third-order valence-corrected chi connectivity index (χ3v) is 5.59. The summed E-state index contributed by atoms with van der Waals surface area (Å²) in [4.78, 5) is 14.4. The molecule has 20 heavy (non-hydrogen) atoms. The smallest absolute Gasteiger partial charge is 0.175 e. The molecule has 0 atom stereocenters. The van der Waals surface area contributed by atoms with E-state index >= 15 is 0 Å². The number of carbonyl (C=O) groups is 1. The van der Waals surface area contributed by atoms with Gasteiger partial charge in [0.15, 0.2) is 5.78 Å². The Morgan fingerprint density at radius 3 is 2.75 bits per heavy atom. The van der Waals surface area contributed by atoms with E-state index < -0.39 is 0 Å². The molecule has 0 N–H and O–H groups in total. The summed E-state index contributed by atoms with van der Waals surface area (Å²) in [6.07, 6.45) is 7.19. The molecular weight excluding hydrogens is 264 g/mol. The molecule has 0 saturated heterocycles. The monoisotopic (exact) mass is 282 g/mol. The van der Waals surface area contributed by atoms with Crippen LogP contribution in [0.2, 0.25) is 0 Å². The molecule has 2 aliphatic carbocycles. The Morgan fingerprint density at radius 1 is 1.05 bits per heavy atom. The lowest BCUT2D eigenvalue weighted by molar-refractivity contribution is 0.0971. The zero-order valence-corrected chi connectivity index (χ0v) is 12.3. The fraction of sp³-hybridized carbons (Fsp3) is 0.389. The number of aryl methyl sites for hydroxylation is 1. The van der Waals surface area contributed by atoms with Crippen LogP contribution >= 0.6 is 11.3 Å². The predicted molar refractivity (Wildman–Crippen MR) is 83.5 cm³/mol. The van der Waals surface area contributed by atoms with E-state index in [1.54, 1.807) is 11.3 Å². The summed E-state index contributed by atoms with van der Waals surface area (Å²) in [6, 6.07) is 10.8. The van der Waals surface area contributed by atoms with E-state index in [1.807, 2.05) is 6.07 Å². The zero-order valence-electron chi connectivity index (χ0n) is 11.5. The van der Waals surface area contributed by atoms with E-state index in [-0.39, 0.29) is 0 Å². The third kappa shape index (κ3) is 2.12. The van der Waals surface area contributed by atoms with Gasteiger partial charge >= 0.3 is 0 Å². The molecule has 0 bridgehead atoms. The lowest BCUT2D eigenvalue weighted by atomic mass is 9.88. The van der Waals surface area contributed by atoms with Gasteiger partial charge in [-0.1, -0.05) is 18.2 Å². The van der Waals surface area contributed by atoms with Crippen molar-refractivity contribution < 1.29 is 4.79 Å². The van der Waals surface area contributed by atoms with Crippen molar-refractivity contribution in [1.82, 2.24) is 0 Å². The SMILES string of the molecule is O=C(c1ccc(-c2cccc3c2CCCC3)s1)C1CC1. The van der Waals surface area contributed by atoms with Crippen LogP contribution in [0, 0.1) is 5.92 Å². The average molecular weight is 282 g/mol. The van der Waals surface area contributed by atoms with Gasteiger partial charge in [0.1, 0.15) is 0 Å². The van der Waals surface area contributed by atoms with Gasteiger partial charge < -0.3 is 0 Å². The maximum Gasteiger partial charge on any atom is 0.175 e. The number of benzene rings is 1. The number of carbonyl (C=O) groups excluding carboxylic acids is 1. The average Bonchev–Trinajstić information content (AvgIpc) is 3.23. The Kier molecular flexibility index (Phi) is 2.99. The Morgan fingerprint density at radius 2 is 1.90 bits per heavy atom. The van der Waals surface area contributed by atoms with Gasteiger partial charge in [0.25, 0.3) is 0 Å². The van der Waals surface area contributed by atoms with Crippen LogP contribution in [-0.2, 0) is 12.8 Å². The van der Waals surface area contributed by atoms with Crippen LogP contribution in [0.4, 0.5) is 0 Å². The summed E-state index contributed by atoms with van der Waals surface area (Å²) in [6.45, 7) is 0. The number of thiophene rings is 1. The van der Waals surface area contributed by atoms with Crippen molar-refractivity contribution in [1.29, 1.82) is 0 Å². The van der Waals surface area contributed by atoms with Gasteiger partial charge in [-0.05, 0) is 67.3 Å². The first kappa shape index (κ1) is 12.3. The van der Waals surface area contributed by atoms with E-state index in [4.69, 9.17) is 0 Å². The predicted octanol–water partition coefficient (Wildman–Crippen LogP) is 4.89. The number of hydrogen-bond donors (Lipinski definition) is 0. The van der Waals surface area contributed by atoms with Crippen LogP contribution in [0.1, 0.15) is 46.5 Å². The van der Waals surface area contributed by atoms with Crippen molar-refractivity contribution in [3.8, 4) is 10.4 Å². The second kappa shape index (κ2) is 4.85. The topological polar surface area (TPSA) is 17.1 Å². The Bertz CT molecular complexity index is 664. The fourth-order valence-electron chi connectivity index (χ4n) is 3.17. The Hall–Kier alpha value is -1.41. The summed E-state index contributed by atoms with van der Waals surface area (Å²) >= 11 is 1.69. The molecule has 1 fully saturated rings. The second-order valence-electron chi connectivity index (χ2n) is 5.95. The van der Waals surface area contributed by atoms with Gasteiger partial charge in [-0.3, -0.25) is 4.79 Å². The van der Waals surface area contributed by atoms with E-state index in [0.717, 1.165) is 17.7 Å².